The van der Waals surface area contributed by atoms with Crippen molar-refractivity contribution in [1.29, 1.82) is 0 Å². The number of nitro benzene ring substituents is 1. The average molecular weight is 263 g/mol. The number of para-hydroxylation sites is 1. The monoisotopic (exact) mass is 263 g/mol. The maximum atomic E-state index is 10.9. The van der Waals surface area contributed by atoms with Gasteiger partial charge in [-0.05, 0) is 6.92 Å². The fourth-order valence-electron chi connectivity index (χ4n) is 1.64. The Balaban J connectivity index is 2.04. The Bertz CT molecular complexity index is 528. The lowest BCUT2D eigenvalue weighted by molar-refractivity contribution is -0.385. The molecule has 0 radical (unpaired) electrons. The molecular weight excluding hydrogens is 250 g/mol. The average Bonchev–Trinajstić information content (AvgIpc) is 2.90. The molecular formula is C12H13N3O2S. The highest BCUT2D eigenvalue weighted by molar-refractivity contribution is 7.09. The lowest BCUT2D eigenvalue weighted by atomic mass is 10.1. The van der Waals surface area contributed by atoms with E-state index in [2.05, 4.69) is 10.3 Å². The van der Waals surface area contributed by atoms with E-state index in [9.17, 15) is 10.1 Å². The van der Waals surface area contributed by atoms with Gasteiger partial charge in [-0.3, -0.25) is 10.1 Å². The van der Waals surface area contributed by atoms with Crippen molar-refractivity contribution in [3.63, 3.8) is 0 Å². The van der Waals surface area contributed by atoms with Gasteiger partial charge in [0.1, 0.15) is 5.01 Å². The van der Waals surface area contributed by atoms with E-state index in [4.69, 9.17) is 0 Å². The molecule has 0 aliphatic carbocycles. The molecule has 0 fully saturated rings. The van der Waals surface area contributed by atoms with Crippen LogP contribution >= 0.6 is 11.3 Å². The number of hydrogen-bond acceptors (Lipinski definition) is 5. The smallest absolute Gasteiger partial charge is 0.273 e. The Morgan fingerprint density at radius 2 is 2.28 bits per heavy atom. The number of hydrogen-bond donors (Lipinski definition) is 1. The van der Waals surface area contributed by atoms with Crippen molar-refractivity contribution in [2.75, 3.05) is 0 Å². The van der Waals surface area contributed by atoms with Gasteiger partial charge in [-0.15, -0.1) is 11.3 Å². The SMILES string of the molecule is CC(NCc1ccccc1[N+](=O)[O-])c1nccs1. The maximum Gasteiger partial charge on any atom is 0.273 e. The molecule has 18 heavy (non-hydrogen) atoms. The largest absolute Gasteiger partial charge is 0.304 e. The first-order valence-electron chi connectivity index (χ1n) is 5.53. The number of nitrogens with zero attached hydrogens (tertiary/aromatic N) is 2. The highest BCUT2D eigenvalue weighted by Crippen LogP contribution is 2.20. The van der Waals surface area contributed by atoms with Crippen LogP contribution in [-0.4, -0.2) is 9.91 Å². The van der Waals surface area contributed by atoms with Gasteiger partial charge in [0.2, 0.25) is 0 Å². The molecule has 94 valence electrons. The van der Waals surface area contributed by atoms with Crippen molar-refractivity contribution in [2.24, 2.45) is 0 Å². The van der Waals surface area contributed by atoms with Crippen molar-refractivity contribution in [1.82, 2.24) is 10.3 Å². The second-order valence-corrected chi connectivity index (χ2v) is 4.78. The van der Waals surface area contributed by atoms with Gasteiger partial charge in [0.25, 0.3) is 5.69 Å². The minimum absolute atomic E-state index is 0.0878. The normalized spacial score (nSPS) is 12.3. The van der Waals surface area contributed by atoms with Crippen LogP contribution in [0.4, 0.5) is 5.69 Å². The number of nitro groups is 1. The molecule has 1 aromatic heterocycles. The fourth-order valence-corrected chi connectivity index (χ4v) is 2.31. The van der Waals surface area contributed by atoms with Crippen LogP contribution in [0.3, 0.4) is 0 Å². The van der Waals surface area contributed by atoms with E-state index < -0.39 is 0 Å². The molecule has 6 heteroatoms. The van der Waals surface area contributed by atoms with E-state index in [1.807, 2.05) is 12.3 Å². The van der Waals surface area contributed by atoms with Crippen molar-refractivity contribution < 1.29 is 4.92 Å². The van der Waals surface area contributed by atoms with Crippen LogP contribution in [0.15, 0.2) is 35.8 Å². The third kappa shape index (κ3) is 2.91. The summed E-state index contributed by atoms with van der Waals surface area (Å²) in [5.41, 5.74) is 0.835. The van der Waals surface area contributed by atoms with Crippen LogP contribution in [0, 0.1) is 10.1 Å². The predicted octanol–water partition coefficient (Wildman–Crippen LogP) is 2.90. The quantitative estimate of drug-likeness (QED) is 0.665. The van der Waals surface area contributed by atoms with Crippen LogP contribution in [0.1, 0.15) is 23.5 Å². The van der Waals surface area contributed by atoms with Crippen molar-refractivity contribution >= 4 is 17.0 Å². The predicted molar refractivity (Wildman–Crippen MR) is 70.5 cm³/mol. The standard InChI is InChI=1S/C12H13N3O2S/c1-9(12-13-6-7-18-12)14-8-10-4-2-3-5-11(10)15(16)17/h2-7,9,14H,8H2,1H3. The first kappa shape index (κ1) is 12.7. The molecule has 2 aromatic rings. The van der Waals surface area contributed by atoms with E-state index in [0.29, 0.717) is 12.1 Å². The molecule has 0 aliphatic rings. The molecule has 1 atom stereocenters. The van der Waals surface area contributed by atoms with Gasteiger partial charge in [0.15, 0.2) is 0 Å². The summed E-state index contributed by atoms with van der Waals surface area (Å²) in [6, 6.07) is 6.85. The number of aromatic nitrogens is 1. The first-order valence-corrected chi connectivity index (χ1v) is 6.41. The molecule has 2 rings (SSSR count). The highest BCUT2D eigenvalue weighted by Gasteiger charge is 2.14. The summed E-state index contributed by atoms with van der Waals surface area (Å²) < 4.78 is 0. The summed E-state index contributed by atoms with van der Waals surface area (Å²) in [7, 11) is 0. The van der Waals surface area contributed by atoms with Gasteiger partial charge < -0.3 is 5.32 Å². The summed E-state index contributed by atoms with van der Waals surface area (Å²) in [4.78, 5) is 14.7. The summed E-state index contributed by atoms with van der Waals surface area (Å²) >= 11 is 1.57. The Hall–Kier alpha value is -1.79. The number of thiazole rings is 1. The zero-order valence-electron chi connectivity index (χ0n) is 9.87. The molecule has 0 saturated heterocycles. The van der Waals surface area contributed by atoms with Crippen LogP contribution in [0.2, 0.25) is 0 Å². The van der Waals surface area contributed by atoms with E-state index in [1.54, 1.807) is 35.7 Å². The lowest BCUT2D eigenvalue weighted by Gasteiger charge is -2.11. The van der Waals surface area contributed by atoms with Gasteiger partial charge in [-0.2, -0.15) is 0 Å². The van der Waals surface area contributed by atoms with E-state index in [-0.39, 0.29) is 16.7 Å². The molecule has 0 spiro atoms. The van der Waals surface area contributed by atoms with Gasteiger partial charge in [0, 0.05) is 29.8 Å². The molecule has 1 N–H and O–H groups in total. The lowest BCUT2D eigenvalue weighted by Crippen LogP contribution is -2.18. The molecule has 0 bridgehead atoms. The van der Waals surface area contributed by atoms with Crippen LogP contribution in [0.5, 0.6) is 0 Å². The summed E-state index contributed by atoms with van der Waals surface area (Å²) in [5, 5.41) is 17.0. The zero-order valence-corrected chi connectivity index (χ0v) is 10.7. The Kier molecular flexibility index (Phi) is 4.01. The topological polar surface area (TPSA) is 68.1 Å². The third-order valence-electron chi connectivity index (χ3n) is 2.61. The Morgan fingerprint density at radius 3 is 2.94 bits per heavy atom. The van der Waals surface area contributed by atoms with Crippen LogP contribution < -0.4 is 5.32 Å². The van der Waals surface area contributed by atoms with E-state index >= 15 is 0 Å². The van der Waals surface area contributed by atoms with Crippen molar-refractivity contribution in [3.05, 3.63) is 56.5 Å². The molecule has 1 heterocycles. The third-order valence-corrected chi connectivity index (χ3v) is 3.57. The van der Waals surface area contributed by atoms with Gasteiger partial charge in [0.05, 0.1) is 11.0 Å². The molecule has 5 nitrogen and oxygen atoms in total. The second kappa shape index (κ2) is 5.70. The fraction of sp³-hybridized carbons (Fsp3) is 0.250. The van der Waals surface area contributed by atoms with Gasteiger partial charge in [-0.1, -0.05) is 18.2 Å². The minimum Gasteiger partial charge on any atom is -0.304 e. The molecule has 0 amide bonds. The summed E-state index contributed by atoms with van der Waals surface area (Å²) in [6.45, 7) is 2.45. The molecule has 0 saturated carbocycles. The zero-order chi connectivity index (χ0) is 13.0. The van der Waals surface area contributed by atoms with Crippen molar-refractivity contribution in [3.8, 4) is 0 Å². The summed E-state index contributed by atoms with van der Waals surface area (Å²) in [5.74, 6) is 0. The number of nitrogens with one attached hydrogen (secondary N) is 1. The summed E-state index contributed by atoms with van der Waals surface area (Å²) in [6.07, 6.45) is 1.75. The molecule has 1 unspecified atom stereocenters. The molecule has 0 aliphatic heterocycles. The van der Waals surface area contributed by atoms with Gasteiger partial charge >= 0.3 is 0 Å². The first-order chi connectivity index (χ1) is 8.68. The van der Waals surface area contributed by atoms with E-state index in [1.165, 1.54) is 6.07 Å². The van der Waals surface area contributed by atoms with Crippen LogP contribution in [0.25, 0.3) is 0 Å². The Morgan fingerprint density at radius 1 is 1.50 bits per heavy atom. The molecule has 1 aromatic carbocycles. The highest BCUT2D eigenvalue weighted by atomic mass is 32.1. The van der Waals surface area contributed by atoms with Crippen LogP contribution in [-0.2, 0) is 6.54 Å². The second-order valence-electron chi connectivity index (χ2n) is 3.86. The number of benzene rings is 1. The van der Waals surface area contributed by atoms with Crippen molar-refractivity contribution in [2.45, 2.75) is 19.5 Å². The Labute approximate surface area is 109 Å². The minimum atomic E-state index is -0.356. The van der Waals surface area contributed by atoms with Gasteiger partial charge in [-0.25, -0.2) is 4.98 Å². The maximum absolute atomic E-state index is 10.9. The number of rotatable bonds is 5. The van der Waals surface area contributed by atoms with E-state index in [0.717, 1.165) is 5.01 Å².